The Kier molecular flexibility index (Phi) is 4.11. The predicted molar refractivity (Wildman–Crippen MR) is 104 cm³/mol. The molecular formula is C21H18BrN5. The van der Waals surface area contributed by atoms with Crippen molar-refractivity contribution >= 4 is 15.9 Å². The van der Waals surface area contributed by atoms with Gasteiger partial charge in [0.25, 0.3) is 0 Å². The van der Waals surface area contributed by atoms with Gasteiger partial charge in [0.15, 0.2) is 5.41 Å². The van der Waals surface area contributed by atoms with Crippen LogP contribution in [0.1, 0.15) is 24.3 Å². The molecule has 27 heavy (non-hydrogen) atoms. The minimum atomic E-state index is -1.56. The minimum absolute atomic E-state index is 0.0920. The molecule has 1 saturated heterocycles. The van der Waals surface area contributed by atoms with Crippen molar-refractivity contribution in [3.8, 4) is 18.2 Å². The van der Waals surface area contributed by atoms with Gasteiger partial charge in [-0.3, -0.25) is 4.90 Å². The average Bonchev–Trinajstić information content (AvgIpc) is 2.91. The molecular weight excluding hydrogens is 402 g/mol. The Balaban J connectivity index is 2.04. The van der Waals surface area contributed by atoms with E-state index in [1.807, 2.05) is 24.3 Å². The summed E-state index contributed by atoms with van der Waals surface area (Å²) in [5, 5.41) is 30.0. The summed E-state index contributed by atoms with van der Waals surface area (Å²) in [7, 11) is 2.09. The summed E-state index contributed by atoms with van der Waals surface area (Å²) in [6.07, 6.45) is 4.12. The van der Waals surface area contributed by atoms with E-state index in [1.165, 1.54) is 0 Å². The summed E-state index contributed by atoms with van der Waals surface area (Å²) in [4.78, 5) is 2.32. The maximum atomic E-state index is 10.1. The number of nitrogens with two attached hydrogens (primary N) is 1. The van der Waals surface area contributed by atoms with Gasteiger partial charge in [-0.25, -0.2) is 0 Å². The van der Waals surface area contributed by atoms with Gasteiger partial charge in [0.05, 0.1) is 23.4 Å². The maximum absolute atomic E-state index is 10.1. The van der Waals surface area contributed by atoms with Crippen LogP contribution >= 0.6 is 15.9 Å². The summed E-state index contributed by atoms with van der Waals surface area (Å²) in [6, 6.07) is 14.8. The second-order valence-electron chi connectivity index (χ2n) is 7.49. The van der Waals surface area contributed by atoms with Gasteiger partial charge in [0.2, 0.25) is 0 Å². The quantitative estimate of drug-likeness (QED) is 0.751. The van der Waals surface area contributed by atoms with Crippen LogP contribution in [0.15, 0.2) is 51.7 Å². The van der Waals surface area contributed by atoms with Gasteiger partial charge in [-0.05, 0) is 43.2 Å². The summed E-state index contributed by atoms with van der Waals surface area (Å²) in [5.41, 5.74) is 7.01. The highest BCUT2D eigenvalue weighted by Gasteiger charge is 2.58. The molecule has 2 bridgehead atoms. The van der Waals surface area contributed by atoms with E-state index in [4.69, 9.17) is 5.73 Å². The fraction of sp³-hybridized carbons (Fsp3) is 0.381. The van der Waals surface area contributed by atoms with Crippen molar-refractivity contribution in [2.45, 2.75) is 30.8 Å². The first-order valence-corrected chi connectivity index (χ1v) is 9.70. The third-order valence-corrected chi connectivity index (χ3v) is 6.98. The van der Waals surface area contributed by atoms with E-state index in [9.17, 15) is 15.8 Å². The Labute approximate surface area is 167 Å². The summed E-state index contributed by atoms with van der Waals surface area (Å²) in [5.74, 6) is -0.536. The second-order valence-corrected chi connectivity index (χ2v) is 8.40. The zero-order chi connectivity index (χ0) is 19.3. The number of nitrogens with zero attached hydrogens (tertiary/aromatic N) is 4. The van der Waals surface area contributed by atoms with Crippen LogP contribution in [0.2, 0.25) is 0 Å². The van der Waals surface area contributed by atoms with Gasteiger partial charge in [0.1, 0.15) is 6.07 Å². The average molecular weight is 420 g/mol. The Hall–Kier alpha value is -2.59. The summed E-state index contributed by atoms with van der Waals surface area (Å²) in [6.45, 7) is 0. The van der Waals surface area contributed by atoms with Gasteiger partial charge < -0.3 is 5.73 Å². The highest BCUT2D eigenvalue weighted by Crippen LogP contribution is 2.58. The molecule has 2 heterocycles. The molecule has 134 valence electrons. The van der Waals surface area contributed by atoms with Crippen LogP contribution in [0.5, 0.6) is 0 Å². The molecule has 1 aromatic carbocycles. The topological polar surface area (TPSA) is 101 Å². The minimum Gasteiger partial charge on any atom is -0.399 e. The number of likely N-dealkylation sites (N-methyl/N-ethyl adjacent to an activating group) is 1. The molecule has 6 heteroatoms. The van der Waals surface area contributed by atoms with Crippen molar-refractivity contribution in [3.63, 3.8) is 0 Å². The fourth-order valence-electron chi connectivity index (χ4n) is 5.13. The largest absolute Gasteiger partial charge is 0.399 e. The van der Waals surface area contributed by atoms with Gasteiger partial charge in [-0.1, -0.05) is 34.1 Å². The molecule has 4 rings (SSSR count). The van der Waals surface area contributed by atoms with Crippen molar-refractivity contribution in [2.75, 3.05) is 7.05 Å². The summed E-state index contributed by atoms with van der Waals surface area (Å²) < 4.78 is 0.931. The zero-order valence-electron chi connectivity index (χ0n) is 14.9. The summed E-state index contributed by atoms with van der Waals surface area (Å²) >= 11 is 3.45. The van der Waals surface area contributed by atoms with Gasteiger partial charge in [-0.15, -0.1) is 0 Å². The molecule has 2 N–H and O–H groups in total. The van der Waals surface area contributed by atoms with Crippen LogP contribution in [0.3, 0.4) is 0 Å². The molecule has 1 fully saturated rings. The second kappa shape index (κ2) is 6.24. The molecule has 2 aliphatic heterocycles. The van der Waals surface area contributed by atoms with Crippen molar-refractivity contribution in [2.24, 2.45) is 17.1 Å². The normalized spacial score (nSPS) is 31.3. The first kappa shape index (κ1) is 17.8. The van der Waals surface area contributed by atoms with E-state index < -0.39 is 11.3 Å². The van der Waals surface area contributed by atoms with Gasteiger partial charge in [0, 0.05) is 28.4 Å². The third kappa shape index (κ3) is 2.29. The van der Waals surface area contributed by atoms with Gasteiger partial charge >= 0.3 is 0 Å². The van der Waals surface area contributed by atoms with Gasteiger partial charge in [-0.2, -0.15) is 15.8 Å². The number of nitriles is 3. The molecule has 5 nitrogen and oxygen atoms in total. The lowest BCUT2D eigenvalue weighted by molar-refractivity contribution is 0.160. The van der Waals surface area contributed by atoms with E-state index in [0.717, 1.165) is 28.5 Å². The molecule has 0 amide bonds. The lowest BCUT2D eigenvalue weighted by atomic mass is 9.56. The van der Waals surface area contributed by atoms with Crippen molar-refractivity contribution in [1.82, 2.24) is 4.90 Å². The first-order valence-electron chi connectivity index (χ1n) is 8.90. The molecule has 3 aliphatic rings. The van der Waals surface area contributed by atoms with E-state index in [1.54, 1.807) is 0 Å². The number of benzene rings is 1. The molecule has 0 saturated carbocycles. The molecule has 0 aromatic heterocycles. The smallest absolute Gasteiger partial charge is 0.191 e. The number of hydrogen-bond donors (Lipinski definition) is 1. The van der Waals surface area contributed by atoms with Crippen LogP contribution in [-0.4, -0.2) is 24.0 Å². The van der Waals surface area contributed by atoms with E-state index in [0.29, 0.717) is 5.57 Å². The highest BCUT2D eigenvalue weighted by molar-refractivity contribution is 9.10. The van der Waals surface area contributed by atoms with Crippen LogP contribution in [0, 0.1) is 45.3 Å². The first-order chi connectivity index (χ1) is 13.0. The number of fused-ring (bicyclic) bond motifs is 4. The molecule has 4 atom stereocenters. The molecule has 1 aromatic rings. The van der Waals surface area contributed by atoms with Crippen LogP contribution in [0.25, 0.3) is 0 Å². The maximum Gasteiger partial charge on any atom is 0.191 e. The van der Waals surface area contributed by atoms with Crippen LogP contribution in [-0.2, 0) is 0 Å². The Morgan fingerprint density at radius 2 is 1.81 bits per heavy atom. The predicted octanol–water partition coefficient (Wildman–Crippen LogP) is 3.34. The van der Waals surface area contributed by atoms with Crippen molar-refractivity contribution < 1.29 is 0 Å². The van der Waals surface area contributed by atoms with Crippen molar-refractivity contribution in [3.05, 3.63) is 57.2 Å². The molecule has 0 spiro atoms. The van der Waals surface area contributed by atoms with E-state index >= 15 is 0 Å². The third-order valence-electron chi connectivity index (χ3n) is 6.45. The zero-order valence-corrected chi connectivity index (χ0v) is 16.4. The fourth-order valence-corrected chi connectivity index (χ4v) is 5.40. The molecule has 1 aliphatic carbocycles. The lowest BCUT2D eigenvalue weighted by Gasteiger charge is -2.48. The van der Waals surface area contributed by atoms with Crippen molar-refractivity contribution in [1.29, 1.82) is 15.8 Å². The molecule has 0 unspecified atom stereocenters. The van der Waals surface area contributed by atoms with Crippen LogP contribution < -0.4 is 5.73 Å². The lowest BCUT2D eigenvalue weighted by Crippen LogP contribution is -2.51. The number of hydrogen-bond acceptors (Lipinski definition) is 5. The van der Waals surface area contributed by atoms with E-state index in [-0.39, 0.29) is 23.7 Å². The number of allylic oxidation sites excluding steroid dienone is 2. The monoisotopic (exact) mass is 419 g/mol. The standard InChI is InChI=1S/C21H18BrN5/c1-27-14-6-7-17(27)18-15(8-14)16(9-23)20(26)21(10-24,11-25)19(18)12-2-4-13(22)5-3-12/h2-5,8,14,17-19H,6-7,26H2,1H3/t14-,17-,18-,19+/m1/s1. The Morgan fingerprint density at radius 3 is 2.41 bits per heavy atom. The Morgan fingerprint density at radius 1 is 1.15 bits per heavy atom. The number of halogens is 1. The SMILES string of the molecule is CN1[C@@H]2CC[C@@H]1C=C1C(C#N)=C(N)C(C#N)(C#N)[C@@H](c3ccc(Br)cc3)[C@H]12. The Bertz CT molecular complexity index is 971. The van der Waals surface area contributed by atoms with E-state index in [2.05, 4.69) is 52.2 Å². The molecule has 0 radical (unpaired) electrons. The van der Waals surface area contributed by atoms with Crippen LogP contribution in [0.4, 0.5) is 0 Å². The highest BCUT2D eigenvalue weighted by atomic mass is 79.9. The number of rotatable bonds is 1.